The molecule has 2 amide bonds. The van der Waals surface area contributed by atoms with E-state index in [1.807, 2.05) is 13.8 Å². The van der Waals surface area contributed by atoms with Crippen LogP contribution in [-0.2, 0) is 10.0 Å². The Hall–Kier alpha value is -0.860. The van der Waals surface area contributed by atoms with Gasteiger partial charge >= 0.3 is 6.03 Å². The summed E-state index contributed by atoms with van der Waals surface area (Å²) >= 11 is 0. The molecular weight excluding hydrogens is 318 g/mol. The Kier molecular flexibility index (Phi) is 8.28. The molecule has 0 saturated carbocycles. The number of hydrogen-bond donors (Lipinski definition) is 3. The number of nitrogens with zero attached hydrogens (tertiary/aromatic N) is 1. The lowest BCUT2D eigenvalue weighted by atomic mass is 9.97. The first-order chi connectivity index (χ1) is 10.8. The van der Waals surface area contributed by atoms with E-state index in [1.54, 1.807) is 6.92 Å². The topological polar surface area (TPSA) is 98.7 Å². The minimum Gasteiger partial charge on any atom is -0.391 e. The summed E-state index contributed by atoms with van der Waals surface area (Å²) < 4.78 is 25.0. The highest BCUT2D eigenvalue weighted by molar-refractivity contribution is 7.89. The molecule has 1 rings (SSSR count). The van der Waals surface area contributed by atoms with Gasteiger partial charge in [-0.3, -0.25) is 0 Å². The number of rotatable bonds is 8. The summed E-state index contributed by atoms with van der Waals surface area (Å²) in [4.78, 5) is 11.9. The van der Waals surface area contributed by atoms with Gasteiger partial charge in [-0.25, -0.2) is 17.5 Å². The van der Waals surface area contributed by atoms with Crippen LogP contribution in [0.15, 0.2) is 0 Å². The zero-order valence-electron chi connectivity index (χ0n) is 14.4. The van der Waals surface area contributed by atoms with Crippen molar-refractivity contribution in [3.05, 3.63) is 0 Å². The normalized spacial score (nSPS) is 18.8. The zero-order valence-corrected chi connectivity index (χ0v) is 15.2. The summed E-state index contributed by atoms with van der Waals surface area (Å²) in [6, 6.07) is -0.324. The van der Waals surface area contributed by atoms with Crippen LogP contribution >= 0.6 is 0 Å². The first kappa shape index (κ1) is 20.2. The fraction of sp³-hybridized carbons (Fsp3) is 0.933. The minimum atomic E-state index is -3.14. The third-order valence-electron chi connectivity index (χ3n) is 4.61. The molecule has 1 aliphatic rings. The molecule has 1 heterocycles. The molecule has 1 aliphatic heterocycles. The van der Waals surface area contributed by atoms with E-state index in [9.17, 15) is 18.3 Å². The molecule has 8 heteroatoms. The van der Waals surface area contributed by atoms with Crippen molar-refractivity contribution in [2.75, 3.05) is 25.4 Å². The largest absolute Gasteiger partial charge is 0.391 e. The number of amides is 2. The molecule has 0 aromatic rings. The van der Waals surface area contributed by atoms with Crippen molar-refractivity contribution >= 4 is 16.1 Å². The number of piperidine rings is 1. The summed E-state index contributed by atoms with van der Waals surface area (Å²) in [5, 5.41) is 15.6. The SMILES string of the molecule is CCC(CC)C(O)CNC(=O)NC1CCN(S(=O)(=O)CC)CC1. The van der Waals surface area contributed by atoms with Crippen molar-refractivity contribution in [3.63, 3.8) is 0 Å². The standard InChI is InChI=1S/C15H31N3O4S/c1-4-12(5-2)14(19)11-16-15(20)17-13-7-9-18(10-8-13)23(21,22)6-3/h12-14,19H,4-11H2,1-3H3,(H2,16,17,20). The van der Waals surface area contributed by atoms with E-state index >= 15 is 0 Å². The Bertz CT molecular complexity index is 457. The van der Waals surface area contributed by atoms with E-state index in [4.69, 9.17) is 0 Å². The van der Waals surface area contributed by atoms with Gasteiger partial charge in [0.2, 0.25) is 10.0 Å². The van der Waals surface area contributed by atoms with Crippen LogP contribution in [0.2, 0.25) is 0 Å². The number of nitrogens with one attached hydrogen (secondary N) is 2. The van der Waals surface area contributed by atoms with E-state index < -0.39 is 16.1 Å². The quantitative estimate of drug-likeness (QED) is 0.606. The third kappa shape index (κ3) is 6.27. The number of carbonyl (C=O) groups excluding carboxylic acids is 1. The van der Waals surface area contributed by atoms with Crippen molar-refractivity contribution < 1.29 is 18.3 Å². The average molecular weight is 349 g/mol. The molecule has 0 radical (unpaired) electrons. The molecule has 23 heavy (non-hydrogen) atoms. The highest BCUT2D eigenvalue weighted by Crippen LogP contribution is 2.15. The predicted octanol–water partition coefficient (Wildman–Crippen LogP) is 0.897. The Balaban J connectivity index is 2.32. The van der Waals surface area contributed by atoms with Gasteiger partial charge in [0, 0.05) is 25.7 Å². The Morgan fingerprint density at radius 1 is 1.22 bits per heavy atom. The first-order valence-corrected chi connectivity index (χ1v) is 10.1. The predicted molar refractivity (Wildman–Crippen MR) is 90.7 cm³/mol. The van der Waals surface area contributed by atoms with Gasteiger partial charge in [0.1, 0.15) is 0 Å². The lowest BCUT2D eigenvalue weighted by Crippen LogP contribution is -2.50. The van der Waals surface area contributed by atoms with Crippen LogP contribution in [0.5, 0.6) is 0 Å². The Labute approximate surface area is 139 Å². The number of aliphatic hydroxyl groups is 1. The van der Waals surface area contributed by atoms with Gasteiger partial charge in [-0.05, 0) is 25.7 Å². The molecule has 0 aromatic carbocycles. The zero-order chi connectivity index (χ0) is 17.5. The molecule has 1 fully saturated rings. The van der Waals surface area contributed by atoms with Gasteiger partial charge in [0.25, 0.3) is 0 Å². The number of carbonyl (C=O) groups is 1. The van der Waals surface area contributed by atoms with Gasteiger partial charge in [-0.15, -0.1) is 0 Å². The second kappa shape index (κ2) is 9.44. The smallest absolute Gasteiger partial charge is 0.315 e. The maximum atomic E-state index is 11.9. The summed E-state index contributed by atoms with van der Waals surface area (Å²) in [5.74, 6) is 0.303. The van der Waals surface area contributed by atoms with E-state index in [-0.39, 0.29) is 30.3 Å². The first-order valence-electron chi connectivity index (χ1n) is 8.54. The second-order valence-corrected chi connectivity index (χ2v) is 8.33. The monoisotopic (exact) mass is 349 g/mol. The molecule has 0 aliphatic carbocycles. The van der Waals surface area contributed by atoms with E-state index in [1.165, 1.54) is 4.31 Å². The van der Waals surface area contributed by atoms with E-state index in [0.717, 1.165) is 12.8 Å². The van der Waals surface area contributed by atoms with E-state index in [0.29, 0.717) is 25.9 Å². The van der Waals surface area contributed by atoms with Crippen molar-refractivity contribution in [2.45, 2.75) is 58.6 Å². The summed E-state index contributed by atoms with van der Waals surface area (Å²) in [6.45, 7) is 6.81. The lowest BCUT2D eigenvalue weighted by Gasteiger charge is -2.31. The molecule has 7 nitrogen and oxygen atoms in total. The molecule has 1 saturated heterocycles. The number of urea groups is 1. The van der Waals surface area contributed by atoms with Crippen molar-refractivity contribution in [1.29, 1.82) is 0 Å². The van der Waals surface area contributed by atoms with E-state index in [2.05, 4.69) is 10.6 Å². The van der Waals surface area contributed by atoms with Gasteiger partial charge < -0.3 is 15.7 Å². The summed E-state index contributed by atoms with van der Waals surface area (Å²) in [7, 11) is -3.14. The summed E-state index contributed by atoms with van der Waals surface area (Å²) in [5.41, 5.74) is 0. The maximum absolute atomic E-state index is 11.9. The van der Waals surface area contributed by atoms with Crippen LogP contribution in [0.3, 0.4) is 0 Å². The third-order valence-corrected chi connectivity index (χ3v) is 6.49. The van der Waals surface area contributed by atoms with Crippen LogP contribution in [0, 0.1) is 5.92 Å². The van der Waals surface area contributed by atoms with Crippen LogP contribution < -0.4 is 10.6 Å². The summed E-state index contributed by atoms with van der Waals surface area (Å²) in [6.07, 6.45) is 2.45. The second-order valence-electron chi connectivity index (χ2n) is 6.07. The lowest BCUT2D eigenvalue weighted by molar-refractivity contribution is 0.103. The molecule has 0 aromatic heterocycles. The molecule has 1 atom stereocenters. The fourth-order valence-corrected chi connectivity index (χ4v) is 4.03. The molecule has 0 bridgehead atoms. The van der Waals surface area contributed by atoms with Gasteiger partial charge in [0.15, 0.2) is 0 Å². The number of hydrogen-bond acceptors (Lipinski definition) is 4. The van der Waals surface area contributed by atoms with Crippen molar-refractivity contribution in [3.8, 4) is 0 Å². The fourth-order valence-electron chi connectivity index (χ4n) is 2.89. The molecular formula is C15H31N3O4S. The Morgan fingerprint density at radius 2 is 1.78 bits per heavy atom. The number of aliphatic hydroxyl groups excluding tert-OH is 1. The molecule has 1 unspecified atom stereocenters. The van der Waals surface area contributed by atoms with Crippen LogP contribution in [0.1, 0.15) is 46.5 Å². The van der Waals surface area contributed by atoms with Crippen LogP contribution in [0.25, 0.3) is 0 Å². The average Bonchev–Trinajstić information content (AvgIpc) is 2.54. The minimum absolute atomic E-state index is 0.0244. The molecule has 136 valence electrons. The van der Waals surface area contributed by atoms with Crippen LogP contribution in [0.4, 0.5) is 4.79 Å². The van der Waals surface area contributed by atoms with Gasteiger partial charge in [-0.2, -0.15) is 0 Å². The maximum Gasteiger partial charge on any atom is 0.315 e. The highest BCUT2D eigenvalue weighted by atomic mass is 32.2. The van der Waals surface area contributed by atoms with Gasteiger partial charge in [-0.1, -0.05) is 26.7 Å². The van der Waals surface area contributed by atoms with Crippen LogP contribution in [-0.4, -0.2) is 61.4 Å². The Morgan fingerprint density at radius 3 is 2.26 bits per heavy atom. The molecule has 0 spiro atoms. The number of sulfonamides is 1. The molecule has 3 N–H and O–H groups in total. The highest BCUT2D eigenvalue weighted by Gasteiger charge is 2.27. The van der Waals surface area contributed by atoms with Gasteiger partial charge in [0.05, 0.1) is 11.9 Å². The van der Waals surface area contributed by atoms with Crippen molar-refractivity contribution in [1.82, 2.24) is 14.9 Å². The van der Waals surface area contributed by atoms with Crippen molar-refractivity contribution in [2.24, 2.45) is 5.92 Å².